The smallest absolute Gasteiger partial charge is 0.388 e. The highest BCUT2D eigenvalue weighted by Gasteiger charge is 2.44. The number of fused-ring (bicyclic) bond motifs is 2. The van der Waals surface area contributed by atoms with E-state index in [1.54, 1.807) is 6.07 Å². The van der Waals surface area contributed by atoms with E-state index in [2.05, 4.69) is 20.3 Å². The molecule has 0 bridgehead atoms. The molecule has 0 saturated carbocycles. The lowest BCUT2D eigenvalue weighted by Crippen LogP contribution is -2.31. The summed E-state index contributed by atoms with van der Waals surface area (Å²) < 4.78 is 58.8. The maximum atomic E-state index is 13.5. The summed E-state index contributed by atoms with van der Waals surface area (Å²) >= 11 is 6.13. The number of aliphatic hydroxyl groups is 2. The Bertz CT molecular complexity index is 1560. The molecule has 38 heavy (non-hydrogen) atoms. The zero-order chi connectivity index (χ0) is 27.4. The van der Waals surface area contributed by atoms with Crippen LogP contribution in [0.2, 0.25) is 5.28 Å². The lowest BCUT2D eigenvalue weighted by atomic mass is 10.0. The maximum absolute atomic E-state index is 13.5. The Morgan fingerprint density at radius 2 is 1.79 bits per heavy atom. The normalized spacial score (nSPS) is 22.4. The number of nitrogens with one attached hydrogen (secondary N) is 1. The van der Waals surface area contributed by atoms with E-state index in [-0.39, 0.29) is 39.5 Å². The highest BCUT2D eigenvalue weighted by molar-refractivity contribution is 7.51. The monoisotopic (exact) mass is 573 g/mol. The van der Waals surface area contributed by atoms with E-state index in [1.165, 1.54) is 35.2 Å². The number of hydrogen-bond acceptors (Lipinski definition) is 8. The predicted octanol–water partition coefficient (Wildman–Crippen LogP) is 3.58. The van der Waals surface area contributed by atoms with Crippen LogP contribution in [0.25, 0.3) is 21.9 Å². The van der Waals surface area contributed by atoms with Crippen LogP contribution in [-0.2, 0) is 15.5 Å². The van der Waals surface area contributed by atoms with Gasteiger partial charge < -0.3 is 30.1 Å². The molecule has 1 fully saturated rings. The van der Waals surface area contributed by atoms with Gasteiger partial charge in [0.1, 0.15) is 12.2 Å². The van der Waals surface area contributed by atoms with Gasteiger partial charge in [0, 0.05) is 11.1 Å². The Morgan fingerprint density at radius 3 is 2.47 bits per heavy atom. The molecule has 0 aliphatic carbocycles. The van der Waals surface area contributed by atoms with Gasteiger partial charge in [0.15, 0.2) is 23.2 Å². The van der Waals surface area contributed by atoms with E-state index < -0.39 is 50.0 Å². The van der Waals surface area contributed by atoms with Crippen LogP contribution in [0.15, 0.2) is 42.7 Å². The third-order valence-electron chi connectivity index (χ3n) is 6.19. The fourth-order valence-corrected chi connectivity index (χ4v) is 5.19. The van der Waals surface area contributed by atoms with E-state index in [4.69, 9.17) is 26.1 Å². The van der Waals surface area contributed by atoms with Crippen molar-refractivity contribution in [2.24, 2.45) is 0 Å². The van der Waals surface area contributed by atoms with Crippen molar-refractivity contribution >= 4 is 52.6 Å². The molecule has 1 saturated heterocycles. The minimum atomic E-state index is -4.56. The topological polar surface area (TPSA) is 163 Å². The van der Waals surface area contributed by atoms with Gasteiger partial charge in [-0.25, -0.2) is 4.98 Å². The van der Waals surface area contributed by atoms with Gasteiger partial charge in [-0.15, -0.1) is 0 Å². The Hall–Kier alpha value is -2.84. The average Bonchev–Trinajstić information content (AvgIpc) is 3.37. The van der Waals surface area contributed by atoms with Crippen LogP contribution in [0, 0.1) is 0 Å². The Kier molecular flexibility index (Phi) is 6.84. The van der Waals surface area contributed by atoms with Gasteiger partial charge in [0.05, 0.1) is 24.2 Å². The van der Waals surface area contributed by atoms with Crippen LogP contribution in [0.3, 0.4) is 0 Å². The molecule has 202 valence electrons. The Balaban J connectivity index is 1.51. The van der Waals surface area contributed by atoms with Crippen LogP contribution in [-0.4, -0.2) is 64.0 Å². The van der Waals surface area contributed by atoms with Gasteiger partial charge in [0.2, 0.25) is 5.28 Å². The molecular weight excluding hydrogens is 554 g/mol. The van der Waals surface area contributed by atoms with E-state index in [0.29, 0.717) is 5.69 Å². The number of nitrogens with zero attached hydrogens (tertiary/aromatic N) is 4. The second kappa shape index (κ2) is 9.72. The summed E-state index contributed by atoms with van der Waals surface area (Å²) in [5, 5.41) is 23.9. The lowest BCUT2D eigenvalue weighted by Gasteiger charge is -2.17. The van der Waals surface area contributed by atoms with Crippen molar-refractivity contribution in [3.63, 3.8) is 0 Å². The second-order valence-corrected chi connectivity index (χ2v) is 10.8. The highest BCUT2D eigenvalue weighted by atomic mass is 35.5. The summed E-state index contributed by atoms with van der Waals surface area (Å²) in [4.78, 5) is 30.8. The summed E-state index contributed by atoms with van der Waals surface area (Å²) in [6.07, 6.45) is -9.31. The zero-order valence-electron chi connectivity index (χ0n) is 19.1. The Labute approximate surface area is 217 Å². The summed E-state index contributed by atoms with van der Waals surface area (Å²) in [5.74, 6) is 0.0646. The van der Waals surface area contributed by atoms with Crippen LogP contribution >= 0.6 is 19.2 Å². The number of imidazole rings is 1. The fraction of sp³-hybridized carbons (Fsp3) is 0.318. The average molecular weight is 574 g/mol. The zero-order valence-corrected chi connectivity index (χ0v) is 20.8. The standard InChI is InChI=1S/C22H20ClF3N5O6P/c23-21-29-18(28-13-6-5-12(22(24,25)26)10-3-1-2-4-11(10)13)15-19(30-21)31(9-27-15)20-17(33)16(32)14(37-20)7-8-38(34,35)36/h1-6,9,14,16-17,20,32-33H,7-8H2,(H,28,29,30)(H2,34,35,36). The Morgan fingerprint density at radius 1 is 1.08 bits per heavy atom. The molecule has 0 amide bonds. The molecular formula is C22H20ClF3N5O6P. The maximum Gasteiger partial charge on any atom is 0.417 e. The third-order valence-corrected chi connectivity index (χ3v) is 7.20. The molecule has 0 radical (unpaired) electrons. The molecule has 1 aliphatic rings. The van der Waals surface area contributed by atoms with Crippen LogP contribution in [0.5, 0.6) is 0 Å². The summed E-state index contributed by atoms with van der Waals surface area (Å²) in [5.41, 5.74) is -0.282. The van der Waals surface area contributed by atoms with E-state index in [9.17, 15) is 27.9 Å². The summed E-state index contributed by atoms with van der Waals surface area (Å²) in [6.45, 7) is 0. The van der Waals surface area contributed by atoms with Crippen LogP contribution in [0.1, 0.15) is 18.2 Å². The number of aromatic nitrogens is 4. The molecule has 5 rings (SSSR count). The molecule has 4 atom stereocenters. The van der Waals surface area contributed by atoms with Crippen molar-refractivity contribution in [1.29, 1.82) is 0 Å². The predicted molar refractivity (Wildman–Crippen MR) is 130 cm³/mol. The fourth-order valence-electron chi connectivity index (χ4n) is 4.44. The van der Waals surface area contributed by atoms with E-state index in [1.807, 2.05) is 0 Å². The van der Waals surface area contributed by atoms with Crippen LogP contribution in [0.4, 0.5) is 24.7 Å². The second-order valence-electron chi connectivity index (χ2n) is 8.72. The molecule has 2 aromatic carbocycles. The molecule has 2 aromatic heterocycles. The van der Waals surface area contributed by atoms with Crippen LogP contribution < -0.4 is 5.32 Å². The third kappa shape index (κ3) is 5.08. The molecule has 16 heteroatoms. The molecule has 4 unspecified atom stereocenters. The van der Waals surface area contributed by atoms with E-state index >= 15 is 0 Å². The number of alkyl halides is 3. The van der Waals surface area contributed by atoms with Crippen molar-refractivity contribution in [3.8, 4) is 0 Å². The van der Waals surface area contributed by atoms with Gasteiger partial charge in [-0.05, 0) is 35.5 Å². The number of benzene rings is 2. The lowest BCUT2D eigenvalue weighted by molar-refractivity contribution is -0.136. The summed E-state index contributed by atoms with van der Waals surface area (Å²) in [6, 6.07) is 8.18. The van der Waals surface area contributed by atoms with Gasteiger partial charge in [0.25, 0.3) is 0 Å². The molecule has 4 aromatic rings. The van der Waals surface area contributed by atoms with Crippen molar-refractivity contribution in [1.82, 2.24) is 19.5 Å². The first kappa shape index (κ1) is 26.8. The van der Waals surface area contributed by atoms with Gasteiger partial charge >= 0.3 is 13.8 Å². The number of aliphatic hydroxyl groups excluding tert-OH is 2. The first-order valence-electron chi connectivity index (χ1n) is 11.2. The van der Waals surface area contributed by atoms with Crippen molar-refractivity contribution in [2.45, 2.75) is 37.1 Å². The molecule has 0 spiro atoms. The first-order chi connectivity index (χ1) is 17.8. The SMILES string of the molecule is O=P(O)(O)CCC1OC(n2cnc3c(Nc4ccc(C(F)(F)F)c5ccccc45)nc(Cl)nc32)C(O)C1O. The highest BCUT2D eigenvalue weighted by Crippen LogP contribution is 2.41. The number of anilines is 2. The van der Waals surface area contributed by atoms with Crippen molar-refractivity contribution in [2.75, 3.05) is 11.5 Å². The minimum absolute atomic E-state index is 0.0234. The number of hydrogen-bond donors (Lipinski definition) is 5. The van der Waals surface area contributed by atoms with Gasteiger partial charge in [-0.1, -0.05) is 24.3 Å². The number of rotatable bonds is 6. The molecule has 1 aliphatic heterocycles. The number of ether oxygens (including phenoxy) is 1. The van der Waals surface area contributed by atoms with Gasteiger partial charge in [-0.2, -0.15) is 23.1 Å². The molecule has 11 nitrogen and oxygen atoms in total. The minimum Gasteiger partial charge on any atom is -0.388 e. The summed E-state index contributed by atoms with van der Waals surface area (Å²) in [7, 11) is -4.36. The number of halogens is 4. The quantitative estimate of drug-likeness (QED) is 0.170. The van der Waals surface area contributed by atoms with Gasteiger partial charge in [-0.3, -0.25) is 9.13 Å². The molecule has 3 heterocycles. The van der Waals surface area contributed by atoms with Crippen molar-refractivity contribution < 1.29 is 42.5 Å². The largest absolute Gasteiger partial charge is 0.417 e. The first-order valence-corrected chi connectivity index (χ1v) is 13.3. The van der Waals surface area contributed by atoms with Crippen molar-refractivity contribution in [3.05, 3.63) is 53.6 Å². The molecule has 5 N–H and O–H groups in total. The van der Waals surface area contributed by atoms with E-state index in [0.717, 1.165) is 6.07 Å².